The van der Waals surface area contributed by atoms with Crippen LogP contribution in [0.3, 0.4) is 0 Å². The number of nitrogens with one attached hydrogen (secondary N) is 1. The third-order valence-corrected chi connectivity index (χ3v) is 4.73. The first-order valence-corrected chi connectivity index (χ1v) is 8.38. The molecule has 4 atom stereocenters. The molecule has 2 heterocycles. The fourth-order valence-electron chi connectivity index (χ4n) is 3.59. The van der Waals surface area contributed by atoms with Gasteiger partial charge in [0.15, 0.2) is 0 Å². The molecule has 1 amide bonds. The van der Waals surface area contributed by atoms with Crippen molar-refractivity contribution in [2.45, 2.75) is 63.6 Å². The Bertz CT molecular complexity index is 452. The van der Waals surface area contributed by atoms with Gasteiger partial charge in [-0.2, -0.15) is 0 Å². The summed E-state index contributed by atoms with van der Waals surface area (Å²) in [5.74, 6) is -3.21. The molecule has 2 aliphatic heterocycles. The lowest BCUT2D eigenvalue weighted by Gasteiger charge is -2.23. The predicted molar refractivity (Wildman–Crippen MR) is 80.9 cm³/mol. The fraction of sp³-hybridized carbons (Fsp3) is 0.812. The van der Waals surface area contributed by atoms with E-state index < -0.39 is 23.8 Å². The van der Waals surface area contributed by atoms with E-state index in [-0.39, 0.29) is 24.5 Å². The summed E-state index contributed by atoms with van der Waals surface area (Å²) in [6, 6.07) is 0. The topological polar surface area (TPSA) is 113 Å². The number of hydrogen-bond acceptors (Lipinski definition) is 4. The molecule has 2 saturated heterocycles. The van der Waals surface area contributed by atoms with Crippen molar-refractivity contribution in [3.05, 3.63) is 0 Å². The molecule has 7 heteroatoms. The lowest BCUT2D eigenvalue weighted by Crippen LogP contribution is -2.44. The molecule has 0 aromatic heterocycles. The smallest absolute Gasteiger partial charge is 0.310 e. The number of carbonyl (C=O) groups excluding carboxylic acids is 1. The van der Waals surface area contributed by atoms with Crippen molar-refractivity contribution in [2.75, 3.05) is 6.54 Å². The second-order valence-corrected chi connectivity index (χ2v) is 6.38. The van der Waals surface area contributed by atoms with Gasteiger partial charge in [-0.05, 0) is 25.7 Å². The van der Waals surface area contributed by atoms with Crippen LogP contribution < -0.4 is 5.32 Å². The Balaban J connectivity index is 1.61. The molecule has 23 heavy (non-hydrogen) atoms. The van der Waals surface area contributed by atoms with Crippen molar-refractivity contribution in [1.29, 1.82) is 0 Å². The fourth-order valence-corrected chi connectivity index (χ4v) is 3.59. The quantitative estimate of drug-likeness (QED) is 0.523. The lowest BCUT2D eigenvalue weighted by atomic mass is 9.78. The van der Waals surface area contributed by atoms with Gasteiger partial charge in [0.1, 0.15) is 0 Å². The molecular formula is C16H25NO6. The normalized spacial score (nSPS) is 28.7. The van der Waals surface area contributed by atoms with Gasteiger partial charge in [-0.1, -0.05) is 19.3 Å². The van der Waals surface area contributed by atoms with Crippen molar-refractivity contribution < 1.29 is 29.3 Å². The molecule has 0 aromatic carbocycles. The summed E-state index contributed by atoms with van der Waals surface area (Å²) in [5, 5.41) is 20.6. The summed E-state index contributed by atoms with van der Waals surface area (Å²) in [5.41, 5.74) is 0. The Morgan fingerprint density at radius 1 is 0.913 bits per heavy atom. The van der Waals surface area contributed by atoms with E-state index in [9.17, 15) is 19.5 Å². The molecular weight excluding hydrogens is 302 g/mol. The summed E-state index contributed by atoms with van der Waals surface area (Å²) >= 11 is 0. The second-order valence-electron chi connectivity index (χ2n) is 6.38. The molecule has 0 spiro atoms. The average molecular weight is 327 g/mol. The standard InChI is InChI=1S/C16H25NO6/c18-12(19)6-4-2-1-3-5-9-17-15(20)13-10-7-8-11(23-10)14(13)16(21)22/h10-11,13-14H,1-9H2,(H,17,20)(H,18,19)(H,21,22)/t10-,11+,13?,14?/m0/s1. The number of fused-ring (bicyclic) bond motifs is 2. The highest BCUT2D eigenvalue weighted by Gasteiger charge is 2.55. The van der Waals surface area contributed by atoms with Crippen LogP contribution in [-0.4, -0.2) is 46.8 Å². The molecule has 130 valence electrons. The zero-order valence-corrected chi connectivity index (χ0v) is 13.2. The van der Waals surface area contributed by atoms with Gasteiger partial charge in [0.2, 0.25) is 5.91 Å². The molecule has 0 saturated carbocycles. The van der Waals surface area contributed by atoms with Gasteiger partial charge in [0, 0.05) is 13.0 Å². The number of ether oxygens (including phenoxy) is 1. The Morgan fingerprint density at radius 3 is 2.17 bits per heavy atom. The van der Waals surface area contributed by atoms with E-state index in [0.717, 1.165) is 38.5 Å². The molecule has 0 aromatic rings. The van der Waals surface area contributed by atoms with E-state index in [1.165, 1.54) is 0 Å². The maximum atomic E-state index is 12.2. The molecule has 3 N–H and O–H groups in total. The van der Waals surface area contributed by atoms with Crippen molar-refractivity contribution >= 4 is 17.8 Å². The summed E-state index contributed by atoms with van der Waals surface area (Å²) in [4.78, 5) is 33.9. The number of amides is 1. The summed E-state index contributed by atoms with van der Waals surface area (Å²) in [6.45, 7) is 0.526. The summed E-state index contributed by atoms with van der Waals surface area (Å²) in [7, 11) is 0. The van der Waals surface area contributed by atoms with Crippen LogP contribution in [0.25, 0.3) is 0 Å². The van der Waals surface area contributed by atoms with Crippen LogP contribution in [0, 0.1) is 11.8 Å². The number of carbonyl (C=O) groups is 3. The van der Waals surface area contributed by atoms with Crippen LogP contribution in [0.2, 0.25) is 0 Å². The number of hydrogen-bond donors (Lipinski definition) is 3. The number of carboxylic acids is 2. The first-order chi connectivity index (χ1) is 11.0. The minimum absolute atomic E-state index is 0.206. The summed E-state index contributed by atoms with van der Waals surface area (Å²) < 4.78 is 5.58. The molecule has 7 nitrogen and oxygen atoms in total. The minimum atomic E-state index is -0.948. The van der Waals surface area contributed by atoms with E-state index in [0.29, 0.717) is 13.0 Å². The molecule has 2 aliphatic rings. The largest absolute Gasteiger partial charge is 0.481 e. The average Bonchev–Trinajstić information content (AvgIpc) is 3.10. The molecule has 0 radical (unpaired) electrons. The van der Waals surface area contributed by atoms with E-state index in [2.05, 4.69) is 5.32 Å². The van der Waals surface area contributed by atoms with Gasteiger partial charge in [-0.3, -0.25) is 14.4 Å². The zero-order chi connectivity index (χ0) is 16.8. The molecule has 2 unspecified atom stereocenters. The van der Waals surface area contributed by atoms with Crippen LogP contribution in [0.5, 0.6) is 0 Å². The van der Waals surface area contributed by atoms with Crippen LogP contribution in [-0.2, 0) is 19.1 Å². The van der Waals surface area contributed by atoms with Crippen LogP contribution >= 0.6 is 0 Å². The van der Waals surface area contributed by atoms with Gasteiger partial charge in [-0.25, -0.2) is 0 Å². The van der Waals surface area contributed by atoms with Crippen molar-refractivity contribution in [3.8, 4) is 0 Å². The van der Waals surface area contributed by atoms with E-state index in [1.807, 2.05) is 0 Å². The van der Waals surface area contributed by atoms with Gasteiger partial charge in [0.25, 0.3) is 0 Å². The van der Waals surface area contributed by atoms with E-state index in [4.69, 9.17) is 9.84 Å². The van der Waals surface area contributed by atoms with Crippen LogP contribution in [0.15, 0.2) is 0 Å². The van der Waals surface area contributed by atoms with Crippen molar-refractivity contribution in [2.24, 2.45) is 11.8 Å². The monoisotopic (exact) mass is 327 g/mol. The number of unbranched alkanes of at least 4 members (excludes halogenated alkanes) is 4. The van der Waals surface area contributed by atoms with E-state index in [1.54, 1.807) is 0 Å². The Kier molecular flexibility index (Phi) is 6.38. The van der Waals surface area contributed by atoms with Crippen LogP contribution in [0.4, 0.5) is 0 Å². The number of carboxylic acid groups (broad SMARTS) is 2. The Hall–Kier alpha value is -1.63. The van der Waals surface area contributed by atoms with Gasteiger partial charge in [0.05, 0.1) is 24.0 Å². The molecule has 2 rings (SSSR count). The predicted octanol–water partition coefficient (Wildman–Crippen LogP) is 1.41. The maximum absolute atomic E-state index is 12.2. The third-order valence-electron chi connectivity index (χ3n) is 4.73. The molecule has 2 fully saturated rings. The van der Waals surface area contributed by atoms with E-state index >= 15 is 0 Å². The van der Waals surface area contributed by atoms with Gasteiger partial charge in [-0.15, -0.1) is 0 Å². The number of aliphatic carboxylic acids is 2. The van der Waals surface area contributed by atoms with Crippen LogP contribution in [0.1, 0.15) is 51.4 Å². The summed E-state index contributed by atoms with van der Waals surface area (Å²) in [6.07, 6.45) is 5.37. The highest BCUT2D eigenvalue weighted by Crippen LogP contribution is 2.43. The lowest BCUT2D eigenvalue weighted by molar-refractivity contribution is -0.147. The second kappa shape index (κ2) is 8.29. The third kappa shape index (κ3) is 4.67. The zero-order valence-electron chi connectivity index (χ0n) is 13.2. The van der Waals surface area contributed by atoms with Gasteiger partial charge < -0.3 is 20.3 Å². The minimum Gasteiger partial charge on any atom is -0.481 e. The molecule has 2 bridgehead atoms. The van der Waals surface area contributed by atoms with Crippen molar-refractivity contribution in [1.82, 2.24) is 5.32 Å². The van der Waals surface area contributed by atoms with Crippen molar-refractivity contribution in [3.63, 3.8) is 0 Å². The Labute approximate surface area is 135 Å². The number of rotatable bonds is 10. The maximum Gasteiger partial charge on any atom is 0.310 e. The molecule has 0 aliphatic carbocycles. The SMILES string of the molecule is O=C(O)CCCCCCCNC(=O)C1C(C(=O)O)[C@H]2CC[C@@H]1O2. The van der Waals surface area contributed by atoms with Gasteiger partial charge >= 0.3 is 11.9 Å². The highest BCUT2D eigenvalue weighted by molar-refractivity contribution is 5.86. The first kappa shape index (κ1) is 17.7. The Morgan fingerprint density at radius 2 is 1.52 bits per heavy atom. The first-order valence-electron chi connectivity index (χ1n) is 8.38. The highest BCUT2D eigenvalue weighted by atomic mass is 16.5.